The fraction of sp³-hybridized carbons (Fsp3) is 0.611. The zero-order valence-electron chi connectivity index (χ0n) is 13.9. The molecule has 0 unspecified atom stereocenters. The second-order valence-electron chi connectivity index (χ2n) is 6.68. The average molecular weight is 337 g/mol. The molecular weight excluding hydrogens is 313 g/mol. The van der Waals surface area contributed by atoms with Gasteiger partial charge in [0.15, 0.2) is 0 Å². The molecule has 6 heteroatoms. The largest absolute Gasteiger partial charge is 0.488 e. The maximum Gasteiger partial charge on any atom is 0.337 e. The van der Waals surface area contributed by atoms with Crippen molar-refractivity contribution in [2.45, 2.75) is 25.0 Å². The summed E-state index contributed by atoms with van der Waals surface area (Å²) in [7, 11) is 1.34. The molecule has 3 rings (SSSR count). The maximum absolute atomic E-state index is 12.5. The zero-order chi connectivity index (χ0) is 17.1. The van der Waals surface area contributed by atoms with Gasteiger partial charge >= 0.3 is 5.97 Å². The summed E-state index contributed by atoms with van der Waals surface area (Å²) in [6, 6.07) is 6.74. The van der Waals surface area contributed by atoms with Crippen LogP contribution >= 0.6 is 0 Å². The molecule has 0 radical (unpaired) electrons. The molecule has 24 heavy (non-hydrogen) atoms. The molecule has 1 saturated carbocycles. The van der Waals surface area contributed by atoms with Crippen LogP contribution in [0.2, 0.25) is 0 Å². The van der Waals surface area contributed by atoms with Gasteiger partial charge < -0.3 is 19.5 Å². The minimum Gasteiger partial charge on any atom is -0.488 e. The monoisotopic (exact) mass is 337 g/mol. The van der Waals surface area contributed by atoms with E-state index in [4.69, 9.17) is 4.74 Å². The van der Waals surface area contributed by atoms with Crippen molar-refractivity contribution < 1.29 is 23.8 Å². The van der Waals surface area contributed by atoms with E-state index in [1.165, 1.54) is 7.11 Å². The zero-order valence-corrected chi connectivity index (χ0v) is 13.9. The molecule has 132 valence electrons. The van der Waals surface area contributed by atoms with E-state index < -0.39 is 6.10 Å². The van der Waals surface area contributed by atoms with Crippen LogP contribution in [-0.4, -0.2) is 61.6 Å². The molecular formula is C18H24FNO4. The van der Waals surface area contributed by atoms with Gasteiger partial charge in [-0.15, -0.1) is 0 Å². The number of carbonyl (C=O) groups excluding carboxylic acids is 1. The number of ether oxygens (including phenoxy) is 2. The number of esters is 1. The molecule has 0 spiro atoms. The van der Waals surface area contributed by atoms with Gasteiger partial charge in [0, 0.05) is 19.6 Å². The highest BCUT2D eigenvalue weighted by Gasteiger charge is 2.42. The number of hydrogen-bond acceptors (Lipinski definition) is 5. The van der Waals surface area contributed by atoms with Crippen molar-refractivity contribution in [3.05, 3.63) is 29.8 Å². The summed E-state index contributed by atoms with van der Waals surface area (Å²) >= 11 is 0. The quantitative estimate of drug-likeness (QED) is 0.832. The van der Waals surface area contributed by atoms with Gasteiger partial charge in [-0.1, -0.05) is 0 Å². The minimum atomic E-state index is -0.517. The normalized spacial score (nSPS) is 30.0. The Bertz CT molecular complexity index is 565. The first-order valence-corrected chi connectivity index (χ1v) is 8.42. The predicted molar refractivity (Wildman–Crippen MR) is 86.8 cm³/mol. The summed E-state index contributed by atoms with van der Waals surface area (Å²) in [5.41, 5.74) is 0.465. The number of aliphatic hydroxyl groups is 1. The van der Waals surface area contributed by atoms with Gasteiger partial charge in [0.25, 0.3) is 0 Å². The molecule has 0 bridgehead atoms. The van der Waals surface area contributed by atoms with Crippen LogP contribution in [0.1, 0.15) is 23.2 Å². The predicted octanol–water partition coefficient (Wildman–Crippen LogP) is 1.89. The Hall–Kier alpha value is -1.66. The van der Waals surface area contributed by atoms with E-state index in [1.54, 1.807) is 24.3 Å². The lowest BCUT2D eigenvalue weighted by molar-refractivity contribution is -0.0231. The number of carbonyl (C=O) groups is 1. The van der Waals surface area contributed by atoms with Crippen molar-refractivity contribution in [3.63, 3.8) is 0 Å². The first-order chi connectivity index (χ1) is 11.6. The molecule has 1 aromatic rings. The van der Waals surface area contributed by atoms with E-state index in [9.17, 15) is 14.3 Å². The molecule has 1 aromatic carbocycles. The van der Waals surface area contributed by atoms with Crippen molar-refractivity contribution in [1.82, 2.24) is 4.90 Å². The lowest BCUT2D eigenvalue weighted by Crippen LogP contribution is -2.42. The molecule has 2 fully saturated rings. The number of alkyl halides is 1. The van der Waals surface area contributed by atoms with Crippen molar-refractivity contribution >= 4 is 5.97 Å². The van der Waals surface area contributed by atoms with Gasteiger partial charge in [0.2, 0.25) is 0 Å². The first-order valence-electron chi connectivity index (χ1n) is 8.42. The van der Waals surface area contributed by atoms with Gasteiger partial charge in [0.1, 0.15) is 18.5 Å². The molecule has 1 aliphatic heterocycles. The molecule has 0 aromatic heterocycles. The van der Waals surface area contributed by atoms with Crippen molar-refractivity contribution in [2.24, 2.45) is 11.8 Å². The Morgan fingerprint density at radius 3 is 2.54 bits per heavy atom. The standard InChI is InChI=1S/C18H24FNO4/c1-23-18(22)12-2-4-15(5-3-12)24-17-9-14-11-20(7-6-19)10-13(14)8-16(17)21/h2-5,13-14,16-17,21H,6-11H2,1H3/t13-,14+,16+,17+/m0/s1. The molecule has 4 atom stereocenters. The maximum atomic E-state index is 12.5. The van der Waals surface area contributed by atoms with E-state index in [-0.39, 0.29) is 18.7 Å². The molecule has 0 amide bonds. The summed E-state index contributed by atoms with van der Waals surface area (Å²) in [6.07, 6.45) is 0.684. The minimum absolute atomic E-state index is 0.263. The van der Waals surface area contributed by atoms with Crippen LogP contribution in [0.3, 0.4) is 0 Å². The fourth-order valence-electron chi connectivity index (χ4n) is 3.88. The summed E-state index contributed by atoms with van der Waals surface area (Å²) < 4.78 is 23.1. The van der Waals surface area contributed by atoms with Crippen LogP contribution in [0.25, 0.3) is 0 Å². The number of rotatable bonds is 5. The average Bonchev–Trinajstić information content (AvgIpc) is 2.96. The summed E-state index contributed by atoms with van der Waals surface area (Å²) in [5, 5.41) is 10.4. The molecule has 2 aliphatic rings. The van der Waals surface area contributed by atoms with Crippen LogP contribution in [0.15, 0.2) is 24.3 Å². The smallest absolute Gasteiger partial charge is 0.337 e. The third-order valence-electron chi connectivity index (χ3n) is 5.12. The second kappa shape index (κ2) is 7.49. The molecule has 1 heterocycles. The fourth-order valence-corrected chi connectivity index (χ4v) is 3.88. The molecule has 1 saturated heterocycles. The van der Waals surface area contributed by atoms with Gasteiger partial charge in [-0.3, -0.25) is 0 Å². The lowest BCUT2D eigenvalue weighted by Gasteiger charge is -2.35. The number of fused-ring (bicyclic) bond motifs is 1. The van der Waals surface area contributed by atoms with Crippen LogP contribution in [0.4, 0.5) is 4.39 Å². The first kappa shape index (κ1) is 17.2. The van der Waals surface area contributed by atoms with Gasteiger partial charge in [-0.25, -0.2) is 9.18 Å². The highest BCUT2D eigenvalue weighted by molar-refractivity contribution is 5.89. The molecule has 5 nitrogen and oxygen atoms in total. The third kappa shape index (κ3) is 3.70. The lowest BCUT2D eigenvalue weighted by atomic mass is 9.78. The Morgan fingerprint density at radius 1 is 1.25 bits per heavy atom. The number of benzene rings is 1. The summed E-state index contributed by atoms with van der Waals surface area (Å²) in [5.74, 6) is 1.11. The number of aliphatic hydroxyl groups excluding tert-OH is 1. The Labute approximate surface area is 141 Å². The van der Waals surface area contributed by atoms with Crippen molar-refractivity contribution in [1.29, 1.82) is 0 Å². The highest BCUT2D eigenvalue weighted by atomic mass is 19.1. The summed E-state index contributed by atoms with van der Waals surface area (Å²) in [6.45, 7) is 1.90. The number of halogens is 1. The Balaban J connectivity index is 1.60. The van der Waals surface area contributed by atoms with E-state index in [0.29, 0.717) is 36.1 Å². The van der Waals surface area contributed by atoms with E-state index in [2.05, 4.69) is 9.64 Å². The van der Waals surface area contributed by atoms with E-state index in [1.807, 2.05) is 0 Å². The molecule has 1 N–H and O–H groups in total. The van der Waals surface area contributed by atoms with Gasteiger partial charge in [-0.05, 0) is 48.9 Å². The second-order valence-corrected chi connectivity index (χ2v) is 6.68. The van der Waals surface area contributed by atoms with Gasteiger partial charge in [0.05, 0.1) is 18.8 Å². The SMILES string of the molecule is COC(=O)c1ccc(O[C@@H]2C[C@@H]3CN(CCF)C[C@@H]3C[C@H]2O)cc1. The number of likely N-dealkylation sites (tertiary alicyclic amines) is 1. The van der Waals surface area contributed by atoms with Crippen molar-refractivity contribution in [3.8, 4) is 5.75 Å². The Kier molecular flexibility index (Phi) is 5.36. The number of nitrogens with zero attached hydrogens (tertiary/aromatic N) is 1. The van der Waals surface area contributed by atoms with E-state index in [0.717, 1.165) is 19.5 Å². The molecule has 1 aliphatic carbocycles. The summed E-state index contributed by atoms with van der Waals surface area (Å²) in [4.78, 5) is 13.6. The van der Waals surface area contributed by atoms with Crippen molar-refractivity contribution in [2.75, 3.05) is 33.4 Å². The van der Waals surface area contributed by atoms with Crippen LogP contribution in [-0.2, 0) is 4.74 Å². The van der Waals surface area contributed by atoms with Crippen LogP contribution in [0, 0.1) is 11.8 Å². The number of hydrogen-bond donors (Lipinski definition) is 1. The van der Waals surface area contributed by atoms with Crippen LogP contribution in [0.5, 0.6) is 5.75 Å². The highest BCUT2D eigenvalue weighted by Crippen LogP contribution is 2.37. The Morgan fingerprint density at radius 2 is 1.92 bits per heavy atom. The number of methoxy groups -OCH3 is 1. The van der Waals surface area contributed by atoms with E-state index >= 15 is 0 Å². The van der Waals surface area contributed by atoms with Gasteiger partial charge in [-0.2, -0.15) is 0 Å². The topological polar surface area (TPSA) is 59.0 Å². The van der Waals surface area contributed by atoms with Crippen LogP contribution < -0.4 is 4.74 Å². The third-order valence-corrected chi connectivity index (χ3v) is 5.12.